The molecular weight excluding hydrogens is 301 g/mol. The fraction of sp³-hybridized carbons (Fsp3) is 0.375. The zero-order valence-corrected chi connectivity index (χ0v) is 12.7. The van der Waals surface area contributed by atoms with Crippen LogP contribution in [-0.2, 0) is 0 Å². The molecule has 0 amide bonds. The number of nitrogens with zero attached hydrogens (tertiary/aromatic N) is 1. The molecule has 0 radical (unpaired) electrons. The summed E-state index contributed by atoms with van der Waals surface area (Å²) in [4.78, 5) is 23.6. The van der Waals surface area contributed by atoms with Gasteiger partial charge in [-0.2, -0.15) is 0 Å². The van der Waals surface area contributed by atoms with Gasteiger partial charge in [0.05, 0.1) is 11.2 Å². The topological polar surface area (TPSA) is 97.3 Å². The van der Waals surface area contributed by atoms with Crippen molar-refractivity contribution in [2.24, 2.45) is 5.73 Å². The Kier molecular flexibility index (Phi) is 3.81. The molecule has 122 valence electrons. The lowest BCUT2D eigenvalue weighted by Crippen LogP contribution is -2.25. The SMILES string of the molecule is CC(N)CNc1cc2c(cc1F)c(=O)c(C(=O)O)cn2C1CC1. The first-order valence-electron chi connectivity index (χ1n) is 7.49. The van der Waals surface area contributed by atoms with Crippen LogP contribution in [0.3, 0.4) is 0 Å². The third-order valence-electron chi connectivity index (χ3n) is 3.91. The number of rotatable bonds is 5. The van der Waals surface area contributed by atoms with Gasteiger partial charge in [-0.05, 0) is 31.9 Å². The minimum Gasteiger partial charge on any atom is -0.477 e. The summed E-state index contributed by atoms with van der Waals surface area (Å²) < 4.78 is 16.0. The number of pyridine rings is 1. The first-order chi connectivity index (χ1) is 10.9. The van der Waals surface area contributed by atoms with E-state index in [-0.39, 0.29) is 28.7 Å². The van der Waals surface area contributed by atoms with Crippen LogP contribution in [0.25, 0.3) is 10.9 Å². The number of benzene rings is 1. The highest BCUT2D eigenvalue weighted by Crippen LogP contribution is 2.37. The maximum Gasteiger partial charge on any atom is 0.341 e. The standard InChI is InChI=1S/C16H18FN3O3/c1-8(18)6-19-13-5-14-10(4-12(13)17)15(21)11(16(22)23)7-20(14)9-2-3-9/h4-5,7-9,19H,2-3,6,18H2,1H3,(H,22,23). The molecule has 1 saturated carbocycles. The zero-order chi connectivity index (χ0) is 16.7. The second kappa shape index (κ2) is 5.66. The number of aromatic nitrogens is 1. The Labute approximate surface area is 131 Å². The maximum atomic E-state index is 14.2. The summed E-state index contributed by atoms with van der Waals surface area (Å²) in [6.07, 6.45) is 3.19. The van der Waals surface area contributed by atoms with E-state index >= 15 is 0 Å². The molecule has 0 saturated heterocycles. The number of aromatic carboxylic acids is 1. The lowest BCUT2D eigenvalue weighted by atomic mass is 10.1. The summed E-state index contributed by atoms with van der Waals surface area (Å²) in [6, 6.07) is 2.67. The second-order valence-electron chi connectivity index (χ2n) is 6.02. The maximum absolute atomic E-state index is 14.2. The molecule has 1 heterocycles. The van der Waals surface area contributed by atoms with Crippen molar-refractivity contribution in [3.63, 3.8) is 0 Å². The van der Waals surface area contributed by atoms with Crippen molar-refractivity contribution in [1.29, 1.82) is 0 Å². The molecule has 1 unspecified atom stereocenters. The lowest BCUT2D eigenvalue weighted by Gasteiger charge is -2.15. The van der Waals surface area contributed by atoms with E-state index in [0.29, 0.717) is 12.1 Å². The molecule has 4 N–H and O–H groups in total. The van der Waals surface area contributed by atoms with Crippen LogP contribution in [0.4, 0.5) is 10.1 Å². The van der Waals surface area contributed by atoms with E-state index in [9.17, 15) is 19.1 Å². The summed E-state index contributed by atoms with van der Waals surface area (Å²) >= 11 is 0. The Hall–Kier alpha value is -2.41. The second-order valence-corrected chi connectivity index (χ2v) is 6.02. The normalized spacial score (nSPS) is 15.6. The molecule has 1 fully saturated rings. The van der Waals surface area contributed by atoms with Gasteiger partial charge in [-0.1, -0.05) is 0 Å². The van der Waals surface area contributed by atoms with Crippen molar-refractivity contribution in [2.45, 2.75) is 31.8 Å². The minimum absolute atomic E-state index is 0.0839. The van der Waals surface area contributed by atoms with Crippen molar-refractivity contribution in [3.05, 3.63) is 39.9 Å². The highest BCUT2D eigenvalue weighted by atomic mass is 19.1. The van der Waals surface area contributed by atoms with Crippen molar-refractivity contribution in [3.8, 4) is 0 Å². The number of fused-ring (bicyclic) bond motifs is 1. The van der Waals surface area contributed by atoms with Crippen LogP contribution < -0.4 is 16.5 Å². The first-order valence-corrected chi connectivity index (χ1v) is 7.49. The lowest BCUT2D eigenvalue weighted by molar-refractivity contribution is 0.0695. The Morgan fingerprint density at radius 3 is 2.78 bits per heavy atom. The quantitative estimate of drug-likeness (QED) is 0.782. The molecule has 2 aromatic rings. The van der Waals surface area contributed by atoms with Crippen molar-refractivity contribution in [2.75, 3.05) is 11.9 Å². The molecule has 0 spiro atoms. The number of carbonyl (C=O) groups is 1. The van der Waals surface area contributed by atoms with Crippen LogP contribution in [0.1, 0.15) is 36.2 Å². The van der Waals surface area contributed by atoms with Crippen LogP contribution in [0.5, 0.6) is 0 Å². The number of nitrogens with two attached hydrogens (primary N) is 1. The van der Waals surface area contributed by atoms with Crippen LogP contribution >= 0.6 is 0 Å². The van der Waals surface area contributed by atoms with Gasteiger partial charge in [0.25, 0.3) is 0 Å². The average Bonchev–Trinajstić information content (AvgIpc) is 3.30. The van der Waals surface area contributed by atoms with E-state index < -0.39 is 17.2 Å². The van der Waals surface area contributed by atoms with E-state index in [1.807, 2.05) is 0 Å². The van der Waals surface area contributed by atoms with E-state index in [4.69, 9.17) is 5.73 Å². The molecule has 23 heavy (non-hydrogen) atoms. The highest BCUT2D eigenvalue weighted by Gasteiger charge is 2.27. The van der Waals surface area contributed by atoms with Gasteiger partial charge in [-0.15, -0.1) is 0 Å². The third-order valence-corrected chi connectivity index (χ3v) is 3.91. The molecule has 1 aromatic heterocycles. The number of hydrogen-bond donors (Lipinski definition) is 3. The van der Waals surface area contributed by atoms with Crippen LogP contribution in [0.2, 0.25) is 0 Å². The Balaban J connectivity index is 2.21. The fourth-order valence-electron chi connectivity index (χ4n) is 2.58. The largest absolute Gasteiger partial charge is 0.477 e. The number of nitrogens with one attached hydrogen (secondary N) is 1. The summed E-state index contributed by atoms with van der Waals surface area (Å²) in [5.74, 6) is -1.90. The molecular formula is C16H18FN3O3. The Morgan fingerprint density at radius 1 is 1.52 bits per heavy atom. The van der Waals surface area contributed by atoms with Gasteiger partial charge in [0.2, 0.25) is 5.43 Å². The van der Waals surface area contributed by atoms with Crippen molar-refractivity contribution in [1.82, 2.24) is 4.57 Å². The predicted molar refractivity (Wildman–Crippen MR) is 85.5 cm³/mol. The van der Waals surface area contributed by atoms with Crippen molar-refractivity contribution >= 4 is 22.6 Å². The number of halogens is 1. The summed E-state index contributed by atoms with van der Waals surface area (Å²) in [5.41, 5.74) is 5.46. The molecule has 3 rings (SSSR count). The van der Waals surface area contributed by atoms with E-state index in [2.05, 4.69) is 5.32 Å². The van der Waals surface area contributed by atoms with Gasteiger partial charge in [0, 0.05) is 30.2 Å². The van der Waals surface area contributed by atoms with E-state index in [1.54, 1.807) is 17.6 Å². The molecule has 6 nitrogen and oxygen atoms in total. The smallest absolute Gasteiger partial charge is 0.341 e. The van der Waals surface area contributed by atoms with Crippen LogP contribution in [-0.4, -0.2) is 28.2 Å². The van der Waals surface area contributed by atoms with Gasteiger partial charge >= 0.3 is 5.97 Å². The summed E-state index contributed by atoms with van der Waals surface area (Å²) in [6.45, 7) is 2.19. The van der Waals surface area contributed by atoms with E-state index in [0.717, 1.165) is 18.9 Å². The minimum atomic E-state index is -1.30. The zero-order valence-electron chi connectivity index (χ0n) is 12.7. The van der Waals surface area contributed by atoms with Gasteiger partial charge in [-0.3, -0.25) is 4.79 Å². The summed E-state index contributed by atoms with van der Waals surface area (Å²) in [7, 11) is 0. The predicted octanol–water partition coefficient (Wildman–Crippen LogP) is 1.93. The molecule has 1 aliphatic rings. The van der Waals surface area contributed by atoms with Crippen molar-refractivity contribution < 1.29 is 14.3 Å². The number of carboxylic acid groups (broad SMARTS) is 1. The Morgan fingerprint density at radius 2 is 2.22 bits per heavy atom. The Bertz CT molecular complexity index is 841. The molecule has 1 aromatic carbocycles. The number of hydrogen-bond acceptors (Lipinski definition) is 4. The van der Waals surface area contributed by atoms with Crippen LogP contribution in [0, 0.1) is 5.82 Å². The molecule has 0 aliphatic heterocycles. The van der Waals surface area contributed by atoms with Crippen LogP contribution in [0.15, 0.2) is 23.1 Å². The molecule has 0 bridgehead atoms. The molecule has 1 atom stereocenters. The third kappa shape index (κ3) is 2.92. The number of carboxylic acids is 1. The fourth-order valence-corrected chi connectivity index (χ4v) is 2.58. The van der Waals surface area contributed by atoms with Gasteiger partial charge < -0.3 is 20.7 Å². The monoisotopic (exact) mass is 319 g/mol. The first kappa shape index (κ1) is 15.5. The average molecular weight is 319 g/mol. The number of anilines is 1. The molecule has 7 heteroatoms. The molecule has 1 aliphatic carbocycles. The summed E-state index contributed by atoms with van der Waals surface area (Å²) in [5, 5.41) is 12.2. The van der Waals surface area contributed by atoms with E-state index in [1.165, 1.54) is 6.20 Å². The van der Waals surface area contributed by atoms with Gasteiger partial charge in [0.15, 0.2) is 0 Å². The van der Waals surface area contributed by atoms with Gasteiger partial charge in [-0.25, -0.2) is 9.18 Å². The highest BCUT2D eigenvalue weighted by molar-refractivity contribution is 5.93. The van der Waals surface area contributed by atoms with Gasteiger partial charge in [0.1, 0.15) is 11.4 Å².